The van der Waals surface area contributed by atoms with Crippen LogP contribution in [0.5, 0.6) is 0 Å². The van der Waals surface area contributed by atoms with Gasteiger partial charge >= 0.3 is 6.16 Å². The lowest BCUT2D eigenvalue weighted by molar-refractivity contribution is -0.155. The summed E-state index contributed by atoms with van der Waals surface area (Å²) in [4.78, 5) is 26.8. The van der Waals surface area contributed by atoms with Crippen LogP contribution in [0, 0.1) is 0 Å². The summed E-state index contributed by atoms with van der Waals surface area (Å²) in [6, 6.07) is 7.58. The van der Waals surface area contributed by atoms with Gasteiger partial charge in [0.25, 0.3) is 0 Å². The molecule has 3 heterocycles. The number of benzene rings is 1. The zero-order valence-corrected chi connectivity index (χ0v) is 20.9. The highest BCUT2D eigenvalue weighted by atomic mass is 35.5. The number of rotatable bonds is 3. The van der Waals surface area contributed by atoms with E-state index in [0.29, 0.717) is 23.3 Å². The molecule has 9 nitrogen and oxygen atoms in total. The van der Waals surface area contributed by atoms with E-state index in [4.69, 9.17) is 21.2 Å². The number of hydrogen-bond donors (Lipinski definition) is 0. The number of carbonyl (C=O) groups excluding carboxylic acids is 1. The lowest BCUT2D eigenvalue weighted by atomic mass is 9.81. The zero-order chi connectivity index (χ0) is 24.6. The Morgan fingerprint density at radius 1 is 1.03 bits per heavy atom. The van der Waals surface area contributed by atoms with Crippen LogP contribution < -0.4 is 0 Å². The second-order valence-corrected chi connectivity index (χ2v) is 10.5. The summed E-state index contributed by atoms with van der Waals surface area (Å²) in [5, 5.41) is 11.3. The van der Waals surface area contributed by atoms with Gasteiger partial charge in [0.05, 0.1) is 18.8 Å². The van der Waals surface area contributed by atoms with Crippen molar-refractivity contribution in [2.75, 3.05) is 0 Å². The van der Waals surface area contributed by atoms with E-state index in [2.05, 4.69) is 24.7 Å². The first-order valence-corrected chi connectivity index (χ1v) is 12.3. The summed E-state index contributed by atoms with van der Waals surface area (Å²) < 4.78 is 7.45. The van der Waals surface area contributed by atoms with Crippen molar-refractivity contribution in [1.82, 2.24) is 29.8 Å². The quantitative estimate of drug-likeness (QED) is 0.449. The molecule has 1 aliphatic heterocycles. The van der Waals surface area contributed by atoms with Crippen LogP contribution in [0.2, 0.25) is 5.02 Å². The van der Waals surface area contributed by atoms with Crippen molar-refractivity contribution in [2.45, 2.75) is 77.0 Å². The van der Waals surface area contributed by atoms with Gasteiger partial charge in [-0.1, -0.05) is 11.6 Å². The number of halogens is 1. The first-order valence-electron chi connectivity index (χ1n) is 11.9. The van der Waals surface area contributed by atoms with Gasteiger partial charge in [0.1, 0.15) is 17.2 Å². The zero-order valence-electron chi connectivity index (χ0n) is 20.1. The van der Waals surface area contributed by atoms with Gasteiger partial charge in [-0.3, -0.25) is 4.57 Å². The topological polar surface area (TPSA) is 95.3 Å². The predicted molar refractivity (Wildman–Crippen MR) is 129 cm³/mol. The van der Waals surface area contributed by atoms with Gasteiger partial charge in [0.15, 0.2) is 5.82 Å². The molecule has 10 heteroatoms. The number of ether oxygens (including phenoxy) is 1. The molecule has 1 aliphatic carbocycles. The minimum atomic E-state index is -0.754. The molecular weight excluding hydrogens is 468 g/mol. The third-order valence-electron chi connectivity index (χ3n) is 6.34. The number of hydroxylamine groups is 2. The van der Waals surface area contributed by atoms with Crippen molar-refractivity contribution in [2.24, 2.45) is 0 Å². The largest absolute Gasteiger partial charge is 0.528 e. The molecule has 0 spiro atoms. The average molecular weight is 497 g/mol. The van der Waals surface area contributed by atoms with Gasteiger partial charge in [-0.05, 0) is 76.3 Å². The van der Waals surface area contributed by atoms with Gasteiger partial charge in [0, 0.05) is 29.3 Å². The molecule has 5 rings (SSSR count). The Morgan fingerprint density at radius 2 is 1.74 bits per heavy atom. The molecule has 0 amide bonds. The Morgan fingerprint density at radius 3 is 2.46 bits per heavy atom. The summed E-state index contributed by atoms with van der Waals surface area (Å²) in [6.45, 7) is 6.04. The summed E-state index contributed by atoms with van der Waals surface area (Å²) in [6.07, 6.45) is 6.80. The minimum absolute atomic E-state index is 0.262. The van der Waals surface area contributed by atoms with Gasteiger partial charge in [-0.15, -0.1) is 15.3 Å². The Kier molecular flexibility index (Phi) is 6.46. The van der Waals surface area contributed by atoms with Crippen LogP contribution in [0.25, 0.3) is 5.69 Å². The molecule has 2 aliphatic rings. The fourth-order valence-corrected chi connectivity index (χ4v) is 5.03. The van der Waals surface area contributed by atoms with E-state index in [0.717, 1.165) is 48.6 Å². The number of nitrogens with zero attached hydrogens (tertiary/aromatic N) is 6. The molecule has 3 aromatic rings. The van der Waals surface area contributed by atoms with Crippen LogP contribution in [0.1, 0.15) is 81.3 Å². The van der Waals surface area contributed by atoms with E-state index in [1.165, 1.54) is 0 Å². The van der Waals surface area contributed by atoms with Gasteiger partial charge in [0.2, 0.25) is 0 Å². The third kappa shape index (κ3) is 5.31. The summed E-state index contributed by atoms with van der Waals surface area (Å²) in [7, 11) is 0. The van der Waals surface area contributed by atoms with E-state index in [9.17, 15) is 4.79 Å². The molecule has 1 saturated carbocycles. The molecular formula is C25H29ClN6O3. The number of fused-ring (bicyclic) bond motifs is 3. The van der Waals surface area contributed by atoms with Crippen molar-refractivity contribution in [3.8, 4) is 5.69 Å². The number of aromatic nitrogens is 5. The van der Waals surface area contributed by atoms with Crippen molar-refractivity contribution in [1.29, 1.82) is 0 Å². The van der Waals surface area contributed by atoms with Crippen LogP contribution in [0.4, 0.5) is 4.79 Å². The maximum atomic E-state index is 12.4. The van der Waals surface area contributed by atoms with E-state index >= 15 is 0 Å². The summed E-state index contributed by atoms with van der Waals surface area (Å²) in [5.74, 6) is 3.18. The van der Waals surface area contributed by atoms with Crippen LogP contribution in [0.3, 0.4) is 0 Å². The maximum Gasteiger partial charge on any atom is 0.528 e. The van der Waals surface area contributed by atoms with Crippen LogP contribution in [-0.2, 0) is 22.7 Å². The first kappa shape index (κ1) is 23.7. The molecule has 0 saturated heterocycles. The van der Waals surface area contributed by atoms with E-state index in [1.54, 1.807) is 38.2 Å². The van der Waals surface area contributed by atoms with Crippen LogP contribution in [-0.4, -0.2) is 41.6 Å². The normalized spacial score (nSPS) is 20.5. The summed E-state index contributed by atoms with van der Waals surface area (Å²) in [5.41, 5.74) is 1.22. The van der Waals surface area contributed by atoms with Gasteiger partial charge < -0.3 is 9.57 Å². The molecule has 35 heavy (non-hydrogen) atoms. The highest BCUT2D eigenvalue weighted by Gasteiger charge is 2.33. The van der Waals surface area contributed by atoms with Crippen molar-refractivity contribution in [3.63, 3.8) is 0 Å². The molecule has 0 N–H and O–H groups in total. The number of carbonyl (C=O) groups is 1. The van der Waals surface area contributed by atoms with Crippen LogP contribution in [0.15, 0.2) is 36.7 Å². The molecule has 1 aromatic carbocycles. The van der Waals surface area contributed by atoms with Crippen LogP contribution >= 0.6 is 11.6 Å². The van der Waals surface area contributed by atoms with E-state index in [-0.39, 0.29) is 12.5 Å². The maximum absolute atomic E-state index is 12.4. The summed E-state index contributed by atoms with van der Waals surface area (Å²) >= 11 is 6.33. The van der Waals surface area contributed by atoms with Crippen molar-refractivity contribution >= 4 is 17.8 Å². The average Bonchev–Trinajstić information content (AvgIpc) is 3.15. The SMILES string of the molecule is CC(C)(C)OC(=O)ON1Cc2cc(Cl)ccc2-n2c(nnc2[C@H]2CC[C@H](c3ncccn3)CC2)C1. The Balaban J connectivity index is 1.41. The van der Waals surface area contributed by atoms with E-state index < -0.39 is 11.8 Å². The standard InChI is InChI=1S/C25H29ClN6O3/c1-25(2,3)34-24(33)35-31-14-18-13-19(26)9-10-20(18)32-21(15-31)29-30-23(32)17-7-5-16(6-8-17)22-27-11-4-12-28-22/h4,9-13,16-17H,5-8,14-15H2,1-3H3/t16-,17-. The van der Waals surface area contributed by atoms with Crippen molar-refractivity contribution < 1.29 is 14.4 Å². The fraction of sp³-hybridized carbons (Fsp3) is 0.480. The molecule has 184 valence electrons. The second kappa shape index (κ2) is 9.54. The van der Waals surface area contributed by atoms with Gasteiger partial charge in [-0.25, -0.2) is 14.8 Å². The molecule has 0 atom stereocenters. The smallest absolute Gasteiger partial charge is 0.427 e. The number of hydrogen-bond acceptors (Lipinski definition) is 8. The third-order valence-corrected chi connectivity index (χ3v) is 6.57. The van der Waals surface area contributed by atoms with E-state index in [1.807, 2.05) is 24.3 Å². The lowest BCUT2D eigenvalue weighted by Crippen LogP contribution is -2.31. The highest BCUT2D eigenvalue weighted by Crippen LogP contribution is 2.40. The Hall–Kier alpha value is -3.04. The fourth-order valence-electron chi connectivity index (χ4n) is 4.83. The molecule has 0 bridgehead atoms. The molecule has 0 unspecified atom stereocenters. The minimum Gasteiger partial charge on any atom is -0.427 e. The predicted octanol–water partition coefficient (Wildman–Crippen LogP) is 5.33. The highest BCUT2D eigenvalue weighted by molar-refractivity contribution is 6.30. The lowest BCUT2D eigenvalue weighted by Gasteiger charge is -2.27. The molecule has 0 radical (unpaired) electrons. The second-order valence-electron chi connectivity index (χ2n) is 10.1. The molecule has 2 aromatic heterocycles. The Labute approximate surface area is 209 Å². The Bertz CT molecular complexity index is 1200. The van der Waals surface area contributed by atoms with Crippen molar-refractivity contribution in [3.05, 3.63) is 64.7 Å². The first-order chi connectivity index (χ1) is 16.8. The monoisotopic (exact) mass is 496 g/mol. The molecule has 1 fully saturated rings. The van der Waals surface area contributed by atoms with Gasteiger partial charge in [-0.2, -0.15) is 0 Å².